The first-order valence-corrected chi connectivity index (χ1v) is 4.34. The van der Waals surface area contributed by atoms with Gasteiger partial charge in [0.15, 0.2) is 6.29 Å². The Morgan fingerprint density at radius 2 is 2.15 bits per heavy atom. The molecule has 1 fully saturated rings. The molecule has 1 heterocycles. The van der Waals surface area contributed by atoms with Crippen LogP contribution in [0.5, 0.6) is 0 Å². The molecular weight excluding hydrogens is 174 g/mol. The Kier molecular flexibility index (Phi) is 3.63. The predicted molar refractivity (Wildman–Crippen MR) is 45.9 cm³/mol. The molecule has 5 atom stereocenters. The van der Waals surface area contributed by atoms with Crippen molar-refractivity contribution in [2.75, 3.05) is 13.7 Å². The van der Waals surface area contributed by atoms with Gasteiger partial charge in [-0.15, -0.1) is 0 Å². The van der Waals surface area contributed by atoms with Crippen LogP contribution in [0.15, 0.2) is 0 Å². The third-order valence-electron chi connectivity index (χ3n) is 2.55. The van der Waals surface area contributed by atoms with Crippen molar-refractivity contribution in [1.29, 1.82) is 0 Å². The molecule has 1 aliphatic heterocycles. The first-order chi connectivity index (χ1) is 6.11. The lowest BCUT2D eigenvalue weighted by molar-refractivity contribution is -0.240. The monoisotopic (exact) mass is 191 g/mol. The van der Waals surface area contributed by atoms with Crippen molar-refractivity contribution in [3.8, 4) is 0 Å². The molecule has 0 spiro atoms. The zero-order chi connectivity index (χ0) is 10.0. The summed E-state index contributed by atoms with van der Waals surface area (Å²) in [6.07, 6.45) is -1.74. The van der Waals surface area contributed by atoms with E-state index in [0.717, 1.165) is 0 Å². The highest BCUT2D eigenvalue weighted by atomic mass is 16.7. The van der Waals surface area contributed by atoms with Crippen molar-refractivity contribution >= 4 is 0 Å². The van der Waals surface area contributed by atoms with Crippen LogP contribution in [0.25, 0.3) is 0 Å². The lowest BCUT2D eigenvalue weighted by Gasteiger charge is -2.40. The topological polar surface area (TPSA) is 84.9 Å². The molecular formula is C8H17NO4. The van der Waals surface area contributed by atoms with Crippen LogP contribution in [-0.4, -0.2) is 48.5 Å². The summed E-state index contributed by atoms with van der Waals surface area (Å²) >= 11 is 0. The summed E-state index contributed by atoms with van der Waals surface area (Å²) in [5.41, 5.74) is 5.66. The van der Waals surface area contributed by atoms with E-state index in [1.165, 1.54) is 7.11 Å². The van der Waals surface area contributed by atoms with Gasteiger partial charge in [0, 0.05) is 13.0 Å². The van der Waals surface area contributed by atoms with Gasteiger partial charge in [-0.2, -0.15) is 0 Å². The van der Waals surface area contributed by atoms with Crippen molar-refractivity contribution < 1.29 is 19.7 Å². The maximum absolute atomic E-state index is 9.65. The molecule has 0 aliphatic carbocycles. The van der Waals surface area contributed by atoms with E-state index in [9.17, 15) is 5.11 Å². The number of hydrogen-bond acceptors (Lipinski definition) is 5. The minimum Gasteiger partial charge on any atom is -0.394 e. The molecule has 0 bridgehead atoms. The van der Waals surface area contributed by atoms with Gasteiger partial charge in [-0.05, 0) is 0 Å². The summed E-state index contributed by atoms with van der Waals surface area (Å²) in [5.74, 6) is -0.175. The summed E-state index contributed by atoms with van der Waals surface area (Å²) in [7, 11) is 1.46. The maximum atomic E-state index is 9.65. The highest BCUT2D eigenvalue weighted by Crippen LogP contribution is 2.24. The SMILES string of the molecule is COC1OC(CO)[C@H](C)C(O)C1N. The molecule has 4 N–H and O–H groups in total. The molecule has 1 aliphatic rings. The Morgan fingerprint density at radius 3 is 2.62 bits per heavy atom. The van der Waals surface area contributed by atoms with Gasteiger partial charge in [-0.25, -0.2) is 0 Å². The second-order valence-electron chi connectivity index (χ2n) is 3.39. The van der Waals surface area contributed by atoms with E-state index in [0.29, 0.717) is 0 Å². The lowest BCUT2D eigenvalue weighted by atomic mass is 9.90. The van der Waals surface area contributed by atoms with Gasteiger partial charge in [0.1, 0.15) is 0 Å². The zero-order valence-electron chi connectivity index (χ0n) is 7.88. The van der Waals surface area contributed by atoms with E-state index in [2.05, 4.69) is 0 Å². The van der Waals surface area contributed by atoms with Crippen LogP contribution in [-0.2, 0) is 9.47 Å². The van der Waals surface area contributed by atoms with Crippen LogP contribution < -0.4 is 5.73 Å². The van der Waals surface area contributed by atoms with Crippen molar-refractivity contribution in [2.45, 2.75) is 31.5 Å². The van der Waals surface area contributed by atoms with E-state index in [1.807, 2.05) is 0 Å². The second kappa shape index (κ2) is 4.34. The fourth-order valence-corrected chi connectivity index (χ4v) is 1.54. The molecule has 1 rings (SSSR count). The summed E-state index contributed by atoms with van der Waals surface area (Å²) in [6.45, 7) is 1.65. The average Bonchev–Trinajstić information content (AvgIpc) is 2.15. The molecule has 13 heavy (non-hydrogen) atoms. The molecule has 0 amide bonds. The number of aliphatic hydroxyl groups is 2. The van der Waals surface area contributed by atoms with Gasteiger partial charge in [-0.1, -0.05) is 6.92 Å². The van der Waals surface area contributed by atoms with Gasteiger partial charge in [-0.3, -0.25) is 0 Å². The van der Waals surface area contributed by atoms with Gasteiger partial charge in [0.05, 0.1) is 24.9 Å². The van der Waals surface area contributed by atoms with Crippen LogP contribution in [0, 0.1) is 5.92 Å². The largest absolute Gasteiger partial charge is 0.394 e. The second-order valence-corrected chi connectivity index (χ2v) is 3.39. The minimum absolute atomic E-state index is 0.134. The molecule has 5 nitrogen and oxygen atoms in total. The van der Waals surface area contributed by atoms with Crippen LogP contribution >= 0.6 is 0 Å². The minimum atomic E-state index is -0.698. The quantitative estimate of drug-likeness (QED) is 0.504. The molecule has 0 saturated carbocycles. The number of methoxy groups -OCH3 is 1. The number of aliphatic hydroxyl groups excluding tert-OH is 2. The number of hydrogen-bond donors (Lipinski definition) is 3. The summed E-state index contributed by atoms with van der Waals surface area (Å²) in [6, 6.07) is -0.553. The van der Waals surface area contributed by atoms with Crippen LogP contribution in [0.1, 0.15) is 6.92 Å². The Hall–Kier alpha value is -0.200. The molecule has 78 valence electrons. The van der Waals surface area contributed by atoms with E-state index < -0.39 is 24.5 Å². The summed E-state index contributed by atoms with van der Waals surface area (Å²) < 4.78 is 10.3. The summed E-state index contributed by atoms with van der Waals surface area (Å²) in [5, 5.41) is 18.6. The molecule has 0 aromatic rings. The standard InChI is InChI=1S/C8H17NO4/c1-4-5(3-10)13-8(12-2)6(9)7(4)11/h4-8,10-11H,3,9H2,1-2H3/t4-,5?,6?,7?,8?/m0/s1. The van der Waals surface area contributed by atoms with Crippen LogP contribution in [0.3, 0.4) is 0 Å². The normalized spacial score (nSPS) is 46.4. The Labute approximate surface area is 77.4 Å². The zero-order valence-corrected chi connectivity index (χ0v) is 7.88. The first-order valence-electron chi connectivity index (χ1n) is 4.34. The first kappa shape index (κ1) is 10.9. The highest BCUT2D eigenvalue weighted by Gasteiger charge is 2.40. The van der Waals surface area contributed by atoms with Gasteiger partial charge >= 0.3 is 0 Å². The van der Waals surface area contributed by atoms with Crippen molar-refractivity contribution in [3.05, 3.63) is 0 Å². The fraction of sp³-hybridized carbons (Fsp3) is 1.00. The van der Waals surface area contributed by atoms with Gasteiger partial charge in [0.25, 0.3) is 0 Å². The number of ether oxygens (including phenoxy) is 2. The molecule has 5 heteroatoms. The van der Waals surface area contributed by atoms with E-state index in [-0.39, 0.29) is 12.5 Å². The van der Waals surface area contributed by atoms with E-state index >= 15 is 0 Å². The molecule has 0 radical (unpaired) electrons. The lowest BCUT2D eigenvalue weighted by Crippen LogP contribution is -2.58. The maximum Gasteiger partial charge on any atom is 0.175 e. The van der Waals surface area contributed by atoms with E-state index in [4.69, 9.17) is 20.3 Å². The number of nitrogens with two attached hydrogens (primary N) is 1. The third kappa shape index (κ3) is 2.00. The Balaban J connectivity index is 2.66. The molecule has 1 saturated heterocycles. The molecule has 0 aromatic carbocycles. The smallest absolute Gasteiger partial charge is 0.175 e. The molecule has 4 unspecified atom stereocenters. The van der Waals surface area contributed by atoms with Gasteiger partial charge in [0.2, 0.25) is 0 Å². The van der Waals surface area contributed by atoms with Crippen LogP contribution in [0.2, 0.25) is 0 Å². The Morgan fingerprint density at radius 1 is 1.54 bits per heavy atom. The van der Waals surface area contributed by atoms with Gasteiger partial charge < -0.3 is 25.4 Å². The number of rotatable bonds is 2. The van der Waals surface area contributed by atoms with E-state index in [1.54, 1.807) is 6.92 Å². The average molecular weight is 191 g/mol. The summed E-state index contributed by atoms with van der Waals surface area (Å²) in [4.78, 5) is 0. The fourth-order valence-electron chi connectivity index (χ4n) is 1.54. The Bertz CT molecular complexity index is 146. The highest BCUT2D eigenvalue weighted by molar-refractivity contribution is 4.88. The molecule has 0 aromatic heterocycles. The van der Waals surface area contributed by atoms with Crippen molar-refractivity contribution in [2.24, 2.45) is 11.7 Å². The van der Waals surface area contributed by atoms with Crippen molar-refractivity contribution in [1.82, 2.24) is 0 Å². The third-order valence-corrected chi connectivity index (χ3v) is 2.55. The van der Waals surface area contributed by atoms with Crippen LogP contribution in [0.4, 0.5) is 0 Å². The predicted octanol–water partition coefficient (Wildman–Crippen LogP) is -1.33. The van der Waals surface area contributed by atoms with Crippen molar-refractivity contribution in [3.63, 3.8) is 0 Å².